The monoisotopic (exact) mass is 430 g/mol. The molecule has 1 aliphatic heterocycles. The molecule has 10 nitrogen and oxygen atoms in total. The van der Waals surface area contributed by atoms with Crippen molar-refractivity contribution in [3.8, 4) is 0 Å². The Bertz CT molecular complexity index is 1010. The van der Waals surface area contributed by atoms with Gasteiger partial charge in [-0.05, 0) is 27.7 Å². The number of nitrogens with zero attached hydrogens (tertiary/aromatic N) is 6. The van der Waals surface area contributed by atoms with Gasteiger partial charge in [-0.3, -0.25) is 9.36 Å². The molecule has 0 N–H and O–H groups in total. The van der Waals surface area contributed by atoms with Gasteiger partial charge in [0.2, 0.25) is 20.0 Å². The Balaban J connectivity index is 1.93. The zero-order valence-corrected chi connectivity index (χ0v) is 18.5. The number of aromatic nitrogens is 4. The molecule has 1 aliphatic rings. The van der Waals surface area contributed by atoms with Crippen molar-refractivity contribution < 1.29 is 16.8 Å². The Kier molecular flexibility index (Phi) is 5.19. The molecule has 2 aromatic rings. The molecule has 2 atom stereocenters. The topological polar surface area (TPSA) is 110 Å². The molecule has 1 fully saturated rings. The van der Waals surface area contributed by atoms with E-state index in [4.69, 9.17) is 0 Å². The van der Waals surface area contributed by atoms with Crippen LogP contribution in [0.5, 0.6) is 0 Å². The molecule has 0 unspecified atom stereocenters. The second-order valence-electron chi connectivity index (χ2n) is 7.35. The van der Waals surface area contributed by atoms with Crippen LogP contribution in [-0.4, -0.2) is 70.2 Å². The third-order valence-corrected chi connectivity index (χ3v) is 9.15. The molecular weight excluding hydrogens is 404 g/mol. The van der Waals surface area contributed by atoms with E-state index in [-0.39, 0.29) is 22.9 Å². The van der Waals surface area contributed by atoms with Crippen molar-refractivity contribution in [1.82, 2.24) is 28.2 Å². The molecular formula is C16H26N6O4S2. The fourth-order valence-corrected chi connectivity index (χ4v) is 7.46. The summed E-state index contributed by atoms with van der Waals surface area (Å²) in [6, 6.07) is -1.04. The summed E-state index contributed by atoms with van der Waals surface area (Å²) in [5.41, 5.74) is 0.840. The quantitative estimate of drug-likeness (QED) is 0.687. The van der Waals surface area contributed by atoms with E-state index in [2.05, 4.69) is 10.2 Å². The van der Waals surface area contributed by atoms with Crippen LogP contribution in [-0.2, 0) is 34.1 Å². The van der Waals surface area contributed by atoms with Crippen molar-refractivity contribution in [3.63, 3.8) is 0 Å². The van der Waals surface area contributed by atoms with Gasteiger partial charge in [-0.2, -0.15) is 18.8 Å². The van der Waals surface area contributed by atoms with Crippen molar-refractivity contribution >= 4 is 20.0 Å². The maximum absolute atomic E-state index is 13.2. The van der Waals surface area contributed by atoms with E-state index >= 15 is 0 Å². The average Bonchev–Trinajstić information content (AvgIpc) is 3.10. The fraction of sp³-hybridized carbons (Fsp3) is 0.625. The summed E-state index contributed by atoms with van der Waals surface area (Å²) in [6.07, 6.45) is 2.95. The van der Waals surface area contributed by atoms with Gasteiger partial charge in [-0.25, -0.2) is 16.8 Å². The van der Waals surface area contributed by atoms with E-state index < -0.39 is 32.1 Å². The summed E-state index contributed by atoms with van der Waals surface area (Å²) < 4.78 is 58.3. The predicted octanol–water partition coefficient (Wildman–Crippen LogP) is 0.243. The Morgan fingerprint density at radius 2 is 1.11 bits per heavy atom. The van der Waals surface area contributed by atoms with E-state index in [0.717, 1.165) is 0 Å². The first-order chi connectivity index (χ1) is 12.9. The number of rotatable bonds is 4. The minimum absolute atomic E-state index is 0.0658. The summed E-state index contributed by atoms with van der Waals surface area (Å²) in [5.74, 6) is 0. The van der Waals surface area contributed by atoms with E-state index in [9.17, 15) is 16.8 Å². The number of hydrogen-bond acceptors (Lipinski definition) is 6. The molecule has 2 aromatic heterocycles. The number of piperazine rings is 1. The lowest BCUT2D eigenvalue weighted by Crippen LogP contribution is -2.59. The molecule has 3 heterocycles. The minimum Gasteiger partial charge on any atom is -0.274 e. The highest BCUT2D eigenvalue weighted by Gasteiger charge is 2.43. The smallest absolute Gasteiger partial charge is 0.246 e. The second kappa shape index (κ2) is 6.94. The van der Waals surface area contributed by atoms with Gasteiger partial charge >= 0.3 is 0 Å². The van der Waals surface area contributed by atoms with Gasteiger partial charge in [-0.1, -0.05) is 0 Å². The maximum atomic E-state index is 13.2. The van der Waals surface area contributed by atoms with Gasteiger partial charge in [-0.15, -0.1) is 0 Å². The van der Waals surface area contributed by atoms with Crippen LogP contribution in [0.3, 0.4) is 0 Å². The van der Waals surface area contributed by atoms with Crippen LogP contribution in [0.2, 0.25) is 0 Å². The van der Waals surface area contributed by atoms with Crippen molar-refractivity contribution in [2.75, 3.05) is 13.1 Å². The number of sulfonamides is 2. The lowest BCUT2D eigenvalue weighted by molar-refractivity contribution is 0.163. The Labute approximate surface area is 165 Å². The molecule has 0 saturated carbocycles. The van der Waals surface area contributed by atoms with Gasteiger partial charge < -0.3 is 0 Å². The summed E-state index contributed by atoms with van der Waals surface area (Å²) in [5, 5.41) is 8.23. The van der Waals surface area contributed by atoms with Crippen LogP contribution in [0.4, 0.5) is 0 Å². The van der Waals surface area contributed by atoms with Crippen molar-refractivity contribution in [2.45, 2.75) is 49.6 Å². The number of hydrogen-bond donors (Lipinski definition) is 0. The standard InChI is InChI=1S/C16H26N6O4S2/c1-11-7-22(28(25,26)16-10-20(6)18-14(16)4)12(2)8-21(11)27(23,24)15-9-19(5)17-13(15)3/h9-12H,7-8H2,1-6H3/t11-,12-/m1/s1. The zero-order valence-electron chi connectivity index (χ0n) is 16.9. The van der Waals surface area contributed by atoms with Crippen LogP contribution in [0.1, 0.15) is 25.2 Å². The first-order valence-corrected chi connectivity index (χ1v) is 11.8. The van der Waals surface area contributed by atoms with Gasteiger partial charge in [0.1, 0.15) is 9.79 Å². The van der Waals surface area contributed by atoms with Gasteiger partial charge in [0.15, 0.2) is 0 Å². The van der Waals surface area contributed by atoms with Gasteiger partial charge in [0.25, 0.3) is 0 Å². The van der Waals surface area contributed by atoms with Gasteiger partial charge in [0, 0.05) is 51.7 Å². The summed E-state index contributed by atoms with van der Waals surface area (Å²) in [7, 11) is -4.23. The zero-order chi connectivity index (χ0) is 21.0. The molecule has 0 aromatic carbocycles. The SMILES string of the molecule is Cc1nn(C)cc1S(=O)(=O)N1C[C@@H](C)N(S(=O)(=O)c2cn(C)nc2C)C[C@H]1C. The summed E-state index contributed by atoms with van der Waals surface area (Å²) in [4.78, 5) is 0.293. The molecule has 0 amide bonds. The Hall–Kier alpha value is -1.76. The van der Waals surface area contributed by atoms with Crippen LogP contribution in [0, 0.1) is 13.8 Å². The highest BCUT2D eigenvalue weighted by Crippen LogP contribution is 2.29. The Morgan fingerprint density at radius 1 is 0.786 bits per heavy atom. The van der Waals surface area contributed by atoms with Crippen LogP contribution < -0.4 is 0 Å². The average molecular weight is 431 g/mol. The molecule has 0 bridgehead atoms. The normalized spacial score (nSPS) is 22.6. The van der Waals surface area contributed by atoms with Crippen LogP contribution in [0.15, 0.2) is 22.2 Å². The molecule has 156 valence electrons. The molecule has 28 heavy (non-hydrogen) atoms. The van der Waals surface area contributed by atoms with Crippen molar-refractivity contribution in [1.29, 1.82) is 0 Å². The third-order valence-electron chi connectivity index (χ3n) is 4.98. The van der Waals surface area contributed by atoms with E-state index in [1.807, 2.05) is 0 Å². The first-order valence-electron chi connectivity index (χ1n) is 8.90. The predicted molar refractivity (Wildman–Crippen MR) is 103 cm³/mol. The highest BCUT2D eigenvalue weighted by atomic mass is 32.2. The Morgan fingerprint density at radius 3 is 1.36 bits per heavy atom. The van der Waals surface area contributed by atoms with E-state index in [1.54, 1.807) is 41.8 Å². The second-order valence-corrected chi connectivity index (χ2v) is 11.1. The lowest BCUT2D eigenvalue weighted by atomic mass is 10.2. The summed E-state index contributed by atoms with van der Waals surface area (Å²) in [6.45, 7) is 6.86. The van der Waals surface area contributed by atoms with Gasteiger partial charge in [0.05, 0.1) is 11.4 Å². The summed E-state index contributed by atoms with van der Waals surface area (Å²) >= 11 is 0. The molecule has 3 rings (SSSR count). The van der Waals surface area contributed by atoms with Crippen LogP contribution in [0.25, 0.3) is 0 Å². The largest absolute Gasteiger partial charge is 0.274 e. The molecule has 0 spiro atoms. The van der Waals surface area contributed by atoms with Crippen molar-refractivity contribution in [2.24, 2.45) is 14.1 Å². The molecule has 1 saturated heterocycles. The lowest BCUT2D eigenvalue weighted by Gasteiger charge is -2.42. The van der Waals surface area contributed by atoms with E-state index in [0.29, 0.717) is 11.4 Å². The third kappa shape index (κ3) is 3.38. The number of aryl methyl sites for hydroxylation is 4. The van der Waals surface area contributed by atoms with E-state index in [1.165, 1.54) is 30.4 Å². The first kappa shape index (κ1) is 21.0. The van der Waals surface area contributed by atoms with Crippen molar-refractivity contribution in [3.05, 3.63) is 23.8 Å². The fourth-order valence-electron chi connectivity index (χ4n) is 3.65. The van der Waals surface area contributed by atoms with Crippen LogP contribution >= 0.6 is 0 Å². The molecule has 0 radical (unpaired) electrons. The highest BCUT2D eigenvalue weighted by molar-refractivity contribution is 7.89. The molecule has 0 aliphatic carbocycles. The maximum Gasteiger partial charge on any atom is 0.246 e. The minimum atomic E-state index is -3.78. The molecule has 12 heteroatoms.